The number of carbonyl (C=O) groups is 2. The molecule has 4 atom stereocenters. The molecule has 2 aliphatic rings. The zero-order chi connectivity index (χ0) is 21.2. The fourth-order valence-electron chi connectivity index (χ4n) is 5.10. The number of hydrogen-bond acceptors (Lipinski definition) is 2. The van der Waals surface area contributed by atoms with E-state index < -0.39 is 0 Å². The van der Waals surface area contributed by atoms with Crippen LogP contribution in [0.3, 0.4) is 0 Å². The monoisotopic (exact) mass is 407 g/mol. The Morgan fingerprint density at radius 1 is 0.581 bits per heavy atom. The Labute approximate surface area is 183 Å². The lowest BCUT2D eigenvalue weighted by molar-refractivity contribution is -0.139. The topological polar surface area (TPSA) is 37.4 Å². The molecule has 5 rings (SSSR count). The van der Waals surface area contributed by atoms with Gasteiger partial charge in [0, 0.05) is 18.4 Å². The Balaban J connectivity index is 1.50. The third-order valence-corrected chi connectivity index (χ3v) is 6.62. The average Bonchev–Trinajstić information content (AvgIpc) is 3.09. The van der Waals surface area contributed by atoms with Crippen LogP contribution in [0.2, 0.25) is 0 Å². The van der Waals surface area contributed by atoms with Crippen molar-refractivity contribution in [2.24, 2.45) is 11.8 Å². The Hall–Kier alpha value is -3.46. The fourth-order valence-corrected chi connectivity index (χ4v) is 5.10. The quantitative estimate of drug-likeness (QED) is 0.442. The first-order chi connectivity index (χ1) is 15.2. The smallest absolute Gasteiger partial charge is 0.234 e. The van der Waals surface area contributed by atoms with Gasteiger partial charge in [-0.15, -0.1) is 0 Å². The maximum absolute atomic E-state index is 13.6. The minimum absolute atomic E-state index is 0.0370. The Morgan fingerprint density at radius 2 is 1.00 bits per heavy atom. The van der Waals surface area contributed by atoms with E-state index in [1.807, 2.05) is 66.7 Å². The van der Waals surface area contributed by atoms with Gasteiger partial charge in [-0.3, -0.25) is 14.5 Å². The van der Waals surface area contributed by atoms with E-state index in [1.54, 1.807) is 0 Å². The molecule has 0 N–H and O–H groups in total. The second-order valence-corrected chi connectivity index (χ2v) is 8.37. The van der Waals surface area contributed by atoms with Gasteiger partial charge in [0.1, 0.15) is 0 Å². The number of likely N-dealkylation sites (tertiary alicyclic amines) is 1. The van der Waals surface area contributed by atoms with E-state index >= 15 is 0 Å². The lowest BCUT2D eigenvalue weighted by atomic mass is 9.68. The number of allylic oxidation sites excluding steroid dienone is 2. The Bertz CT molecular complexity index is 1020. The summed E-state index contributed by atoms with van der Waals surface area (Å²) in [5.74, 6) is -0.953. The van der Waals surface area contributed by atoms with Crippen molar-refractivity contribution in [3.63, 3.8) is 0 Å². The van der Waals surface area contributed by atoms with Crippen LogP contribution < -0.4 is 0 Å². The van der Waals surface area contributed by atoms with Crippen molar-refractivity contribution in [2.75, 3.05) is 6.54 Å². The highest BCUT2D eigenvalue weighted by atomic mass is 16.2. The van der Waals surface area contributed by atoms with Crippen LogP contribution in [0, 0.1) is 11.8 Å². The molecule has 0 radical (unpaired) electrons. The lowest BCUT2D eigenvalue weighted by Gasteiger charge is -2.32. The number of imide groups is 1. The van der Waals surface area contributed by atoms with Gasteiger partial charge in [0.2, 0.25) is 11.8 Å². The van der Waals surface area contributed by atoms with E-state index in [2.05, 4.69) is 36.4 Å². The van der Waals surface area contributed by atoms with Crippen LogP contribution in [0.5, 0.6) is 0 Å². The molecule has 31 heavy (non-hydrogen) atoms. The summed E-state index contributed by atoms with van der Waals surface area (Å²) in [6.07, 6.45) is 4.96. The molecular weight excluding hydrogens is 382 g/mol. The van der Waals surface area contributed by atoms with Gasteiger partial charge in [-0.05, 0) is 23.1 Å². The molecular formula is C28H25NO2. The molecule has 0 unspecified atom stereocenters. The van der Waals surface area contributed by atoms with Crippen LogP contribution in [-0.4, -0.2) is 23.3 Å². The first kappa shape index (κ1) is 19.5. The summed E-state index contributed by atoms with van der Waals surface area (Å²) in [5, 5.41) is 0. The molecule has 1 saturated heterocycles. The molecule has 0 saturated carbocycles. The predicted molar refractivity (Wildman–Crippen MR) is 121 cm³/mol. The SMILES string of the molecule is O=C1[C@@H]2[C@H](C(=O)N1CCc1ccccc1)[C@@H](c1ccccc1)C=C[C@H]2c1ccccc1. The molecule has 154 valence electrons. The first-order valence-electron chi connectivity index (χ1n) is 10.9. The zero-order valence-electron chi connectivity index (χ0n) is 17.3. The number of nitrogens with zero attached hydrogens (tertiary/aromatic N) is 1. The van der Waals surface area contributed by atoms with Crippen LogP contribution in [0.4, 0.5) is 0 Å². The fraction of sp³-hybridized carbons (Fsp3) is 0.214. The predicted octanol–water partition coefficient (Wildman–Crippen LogP) is 4.97. The normalized spacial score (nSPS) is 25.0. The standard InChI is InChI=1S/C28H25NO2/c30-27-25-23(21-12-6-2-7-13-21)16-17-24(22-14-8-3-9-15-22)26(25)28(31)29(27)19-18-20-10-4-1-5-11-20/h1-17,23-26H,18-19H2/t23-,24+,25-,26+. The van der Waals surface area contributed by atoms with Crippen LogP contribution >= 0.6 is 0 Å². The molecule has 1 aliphatic heterocycles. The minimum Gasteiger partial charge on any atom is -0.282 e. The minimum atomic E-state index is -0.360. The molecule has 3 aromatic rings. The van der Waals surface area contributed by atoms with E-state index in [-0.39, 0.29) is 35.5 Å². The van der Waals surface area contributed by atoms with Crippen molar-refractivity contribution < 1.29 is 9.59 Å². The number of hydrogen-bond donors (Lipinski definition) is 0. The van der Waals surface area contributed by atoms with Gasteiger partial charge in [0.05, 0.1) is 11.8 Å². The van der Waals surface area contributed by atoms with Crippen LogP contribution in [0.25, 0.3) is 0 Å². The van der Waals surface area contributed by atoms with Gasteiger partial charge in [0.25, 0.3) is 0 Å². The number of carbonyl (C=O) groups excluding carboxylic acids is 2. The van der Waals surface area contributed by atoms with Crippen LogP contribution in [-0.2, 0) is 16.0 Å². The largest absolute Gasteiger partial charge is 0.282 e. The zero-order valence-corrected chi connectivity index (χ0v) is 17.3. The van der Waals surface area contributed by atoms with Crippen molar-refractivity contribution in [3.8, 4) is 0 Å². The Kier molecular flexibility index (Phi) is 5.25. The highest BCUT2D eigenvalue weighted by molar-refractivity contribution is 6.06. The van der Waals surface area contributed by atoms with Gasteiger partial charge in [-0.25, -0.2) is 0 Å². The maximum atomic E-state index is 13.6. The van der Waals surface area contributed by atoms with E-state index in [1.165, 1.54) is 4.90 Å². The molecule has 3 nitrogen and oxygen atoms in total. The van der Waals surface area contributed by atoms with E-state index in [4.69, 9.17) is 0 Å². The van der Waals surface area contributed by atoms with Crippen LogP contribution in [0.15, 0.2) is 103 Å². The Morgan fingerprint density at radius 3 is 1.45 bits per heavy atom. The second kappa shape index (κ2) is 8.35. The molecule has 1 aliphatic carbocycles. The van der Waals surface area contributed by atoms with E-state index in [0.29, 0.717) is 13.0 Å². The highest BCUT2D eigenvalue weighted by Gasteiger charge is 2.54. The summed E-state index contributed by atoms with van der Waals surface area (Å²) in [7, 11) is 0. The summed E-state index contributed by atoms with van der Waals surface area (Å²) in [4.78, 5) is 28.7. The van der Waals surface area contributed by atoms with Gasteiger partial charge in [-0.1, -0.05) is 103 Å². The summed E-state index contributed by atoms with van der Waals surface area (Å²) in [6.45, 7) is 0.428. The third-order valence-electron chi connectivity index (χ3n) is 6.62. The summed E-state index contributed by atoms with van der Waals surface area (Å²) < 4.78 is 0. The van der Waals surface area contributed by atoms with Crippen molar-refractivity contribution in [2.45, 2.75) is 18.3 Å². The first-order valence-corrected chi connectivity index (χ1v) is 10.9. The molecule has 0 spiro atoms. The van der Waals surface area contributed by atoms with Gasteiger partial charge in [0.15, 0.2) is 0 Å². The molecule has 0 aromatic heterocycles. The highest BCUT2D eigenvalue weighted by Crippen LogP contribution is 2.49. The molecule has 2 amide bonds. The second-order valence-electron chi connectivity index (χ2n) is 8.37. The average molecular weight is 408 g/mol. The van der Waals surface area contributed by atoms with Crippen molar-refractivity contribution in [1.82, 2.24) is 4.90 Å². The summed E-state index contributed by atoms with van der Waals surface area (Å²) >= 11 is 0. The van der Waals surface area contributed by atoms with Gasteiger partial charge in [-0.2, -0.15) is 0 Å². The molecule has 1 heterocycles. The number of amides is 2. The van der Waals surface area contributed by atoms with Gasteiger partial charge < -0.3 is 0 Å². The van der Waals surface area contributed by atoms with Gasteiger partial charge >= 0.3 is 0 Å². The van der Waals surface area contributed by atoms with Crippen molar-refractivity contribution >= 4 is 11.8 Å². The molecule has 1 fully saturated rings. The summed E-state index contributed by atoms with van der Waals surface area (Å²) in [6, 6.07) is 30.2. The number of fused-ring (bicyclic) bond motifs is 1. The lowest BCUT2D eigenvalue weighted by Crippen LogP contribution is -2.33. The van der Waals surface area contributed by atoms with Crippen molar-refractivity contribution in [3.05, 3.63) is 120 Å². The van der Waals surface area contributed by atoms with Crippen molar-refractivity contribution in [1.29, 1.82) is 0 Å². The molecule has 3 heteroatoms. The third kappa shape index (κ3) is 3.61. The van der Waals surface area contributed by atoms with Crippen LogP contribution in [0.1, 0.15) is 28.5 Å². The van der Waals surface area contributed by atoms with E-state index in [0.717, 1.165) is 16.7 Å². The molecule has 0 bridgehead atoms. The molecule has 3 aromatic carbocycles. The number of benzene rings is 3. The number of rotatable bonds is 5. The summed E-state index contributed by atoms with van der Waals surface area (Å²) in [5.41, 5.74) is 3.31. The maximum Gasteiger partial charge on any atom is 0.234 e. The van der Waals surface area contributed by atoms with E-state index in [9.17, 15) is 9.59 Å².